The molecule has 0 amide bonds. The lowest BCUT2D eigenvalue weighted by atomic mass is 9.86. The molecule has 23 heavy (non-hydrogen) atoms. The smallest absolute Gasteiger partial charge is 0.00868 e. The topological polar surface area (TPSA) is 0 Å². The average molecular weight is 300 g/mol. The van der Waals surface area contributed by atoms with E-state index in [9.17, 15) is 0 Å². The molecular formula is C23H24. The summed E-state index contributed by atoms with van der Waals surface area (Å²) in [5.74, 6) is 0.473. The Morgan fingerprint density at radius 2 is 1.30 bits per heavy atom. The summed E-state index contributed by atoms with van der Waals surface area (Å²) in [4.78, 5) is 0. The minimum absolute atomic E-state index is 0.473. The minimum Gasteiger partial charge on any atom is -0.0645 e. The minimum atomic E-state index is 0.473. The zero-order valence-electron chi connectivity index (χ0n) is 14.2. The molecule has 1 unspecified atom stereocenters. The third-order valence-electron chi connectivity index (χ3n) is 4.70. The Labute approximate surface area is 139 Å². The van der Waals surface area contributed by atoms with Crippen LogP contribution >= 0.6 is 0 Å². The van der Waals surface area contributed by atoms with Crippen molar-refractivity contribution in [3.63, 3.8) is 0 Å². The Bertz CT molecular complexity index is 784. The number of aryl methyl sites for hydroxylation is 2. The van der Waals surface area contributed by atoms with Gasteiger partial charge in [0, 0.05) is 5.92 Å². The molecule has 0 spiro atoms. The maximum Gasteiger partial charge on any atom is 0.00868 e. The Morgan fingerprint density at radius 3 is 1.96 bits per heavy atom. The van der Waals surface area contributed by atoms with Gasteiger partial charge in [0.1, 0.15) is 0 Å². The second-order valence-electron chi connectivity index (χ2n) is 6.26. The maximum atomic E-state index is 2.36. The lowest BCUT2D eigenvalue weighted by Gasteiger charge is -2.18. The molecule has 0 aliphatic rings. The van der Waals surface area contributed by atoms with Crippen LogP contribution in [0.15, 0.2) is 72.8 Å². The van der Waals surface area contributed by atoms with Crippen LogP contribution in [-0.4, -0.2) is 0 Å². The van der Waals surface area contributed by atoms with Gasteiger partial charge in [-0.25, -0.2) is 0 Å². The van der Waals surface area contributed by atoms with Crippen molar-refractivity contribution in [1.82, 2.24) is 0 Å². The van der Waals surface area contributed by atoms with Crippen molar-refractivity contribution in [3.8, 4) is 11.1 Å². The van der Waals surface area contributed by atoms with E-state index in [1.807, 2.05) is 0 Å². The Morgan fingerprint density at radius 1 is 0.652 bits per heavy atom. The predicted octanol–water partition coefficient (Wildman–Crippen LogP) is 6.51. The van der Waals surface area contributed by atoms with E-state index < -0.39 is 0 Å². The molecule has 1 atom stereocenters. The lowest BCUT2D eigenvalue weighted by molar-refractivity contribution is 0.776. The van der Waals surface area contributed by atoms with E-state index in [0.717, 1.165) is 6.42 Å². The van der Waals surface area contributed by atoms with Crippen LogP contribution in [0.25, 0.3) is 11.1 Å². The van der Waals surface area contributed by atoms with Crippen LogP contribution in [0.1, 0.15) is 41.5 Å². The zero-order valence-corrected chi connectivity index (χ0v) is 14.2. The second-order valence-corrected chi connectivity index (χ2v) is 6.26. The normalized spacial score (nSPS) is 12.1. The fraction of sp³-hybridized carbons (Fsp3) is 0.217. The van der Waals surface area contributed by atoms with Gasteiger partial charge in [-0.3, -0.25) is 0 Å². The number of benzene rings is 3. The molecule has 0 saturated carbocycles. The molecule has 0 aliphatic carbocycles. The van der Waals surface area contributed by atoms with Crippen molar-refractivity contribution in [3.05, 3.63) is 95.1 Å². The quantitative estimate of drug-likeness (QED) is 0.515. The highest BCUT2D eigenvalue weighted by Gasteiger charge is 2.13. The van der Waals surface area contributed by atoms with Crippen LogP contribution in [-0.2, 0) is 0 Å². The first-order chi connectivity index (χ1) is 11.2. The van der Waals surface area contributed by atoms with E-state index in [1.165, 1.54) is 33.4 Å². The van der Waals surface area contributed by atoms with Gasteiger partial charge in [0.05, 0.1) is 0 Å². The highest BCUT2D eigenvalue weighted by atomic mass is 14.2. The van der Waals surface area contributed by atoms with Crippen LogP contribution in [0.2, 0.25) is 0 Å². The van der Waals surface area contributed by atoms with Crippen LogP contribution in [0.4, 0.5) is 0 Å². The van der Waals surface area contributed by atoms with Crippen molar-refractivity contribution in [2.75, 3.05) is 0 Å². The van der Waals surface area contributed by atoms with Gasteiger partial charge in [-0.2, -0.15) is 0 Å². The molecule has 0 nitrogen and oxygen atoms in total. The van der Waals surface area contributed by atoms with Gasteiger partial charge < -0.3 is 0 Å². The highest BCUT2D eigenvalue weighted by Crippen LogP contribution is 2.32. The molecule has 0 bridgehead atoms. The Hall–Kier alpha value is -2.34. The van der Waals surface area contributed by atoms with Crippen LogP contribution < -0.4 is 0 Å². The third-order valence-corrected chi connectivity index (χ3v) is 4.70. The molecule has 0 fully saturated rings. The van der Waals surface area contributed by atoms with Crippen molar-refractivity contribution in [1.29, 1.82) is 0 Å². The summed E-state index contributed by atoms with van der Waals surface area (Å²) in [5, 5.41) is 0. The monoisotopic (exact) mass is 300 g/mol. The van der Waals surface area contributed by atoms with E-state index >= 15 is 0 Å². The van der Waals surface area contributed by atoms with Crippen molar-refractivity contribution in [2.45, 2.75) is 33.1 Å². The molecule has 3 aromatic rings. The fourth-order valence-corrected chi connectivity index (χ4v) is 3.43. The molecule has 0 heteroatoms. The summed E-state index contributed by atoms with van der Waals surface area (Å²) < 4.78 is 0. The van der Waals surface area contributed by atoms with E-state index in [0.29, 0.717) is 5.92 Å². The third kappa shape index (κ3) is 3.22. The molecule has 0 saturated heterocycles. The molecule has 0 aromatic heterocycles. The first-order valence-electron chi connectivity index (χ1n) is 8.42. The number of rotatable bonds is 4. The van der Waals surface area contributed by atoms with Gasteiger partial charge in [0.25, 0.3) is 0 Å². The van der Waals surface area contributed by atoms with E-state index in [-0.39, 0.29) is 0 Å². The molecule has 0 N–H and O–H groups in total. The molecule has 116 valence electrons. The SMILES string of the molecule is CCC(c1ccccc1)c1ccc(-c2ccccc2C)c(C)c1. The molecule has 0 radical (unpaired) electrons. The van der Waals surface area contributed by atoms with E-state index in [2.05, 4.69) is 93.6 Å². The standard InChI is InChI=1S/C23H24/c1-4-21(19-11-6-5-7-12-19)20-14-15-23(18(3)16-20)22-13-9-8-10-17(22)2/h5-16,21H,4H2,1-3H3. The van der Waals surface area contributed by atoms with Crippen molar-refractivity contribution < 1.29 is 0 Å². The van der Waals surface area contributed by atoms with E-state index in [4.69, 9.17) is 0 Å². The van der Waals surface area contributed by atoms with Gasteiger partial charge >= 0.3 is 0 Å². The van der Waals surface area contributed by atoms with Gasteiger partial charge in [0.15, 0.2) is 0 Å². The first-order valence-corrected chi connectivity index (χ1v) is 8.42. The van der Waals surface area contributed by atoms with Gasteiger partial charge in [-0.1, -0.05) is 79.7 Å². The largest absolute Gasteiger partial charge is 0.0645 e. The zero-order chi connectivity index (χ0) is 16.2. The summed E-state index contributed by atoms with van der Waals surface area (Å²) in [6, 6.07) is 26.4. The molecule has 3 aromatic carbocycles. The van der Waals surface area contributed by atoms with Crippen LogP contribution in [0.3, 0.4) is 0 Å². The van der Waals surface area contributed by atoms with Crippen molar-refractivity contribution >= 4 is 0 Å². The summed E-state index contributed by atoms with van der Waals surface area (Å²) in [6.45, 7) is 6.67. The van der Waals surface area contributed by atoms with Gasteiger partial charge in [-0.05, 0) is 53.6 Å². The predicted molar refractivity (Wildman–Crippen MR) is 99.9 cm³/mol. The van der Waals surface area contributed by atoms with Crippen LogP contribution in [0, 0.1) is 13.8 Å². The lowest BCUT2D eigenvalue weighted by Crippen LogP contribution is -2.00. The fourth-order valence-electron chi connectivity index (χ4n) is 3.43. The van der Waals surface area contributed by atoms with E-state index in [1.54, 1.807) is 0 Å². The maximum absolute atomic E-state index is 2.36. The summed E-state index contributed by atoms with van der Waals surface area (Å²) in [5.41, 5.74) is 8.18. The summed E-state index contributed by atoms with van der Waals surface area (Å²) in [6.07, 6.45) is 1.12. The highest BCUT2D eigenvalue weighted by molar-refractivity contribution is 5.70. The summed E-state index contributed by atoms with van der Waals surface area (Å²) >= 11 is 0. The second kappa shape index (κ2) is 6.83. The van der Waals surface area contributed by atoms with Gasteiger partial charge in [0.2, 0.25) is 0 Å². The first kappa shape index (κ1) is 15.6. The molecular weight excluding hydrogens is 276 g/mol. The Balaban J connectivity index is 2.01. The molecule has 0 heterocycles. The van der Waals surface area contributed by atoms with Crippen LogP contribution in [0.5, 0.6) is 0 Å². The molecule has 0 aliphatic heterocycles. The summed E-state index contributed by atoms with van der Waals surface area (Å²) in [7, 11) is 0. The Kier molecular flexibility index (Phi) is 4.62. The molecule has 3 rings (SSSR count). The average Bonchev–Trinajstić information content (AvgIpc) is 2.58. The number of hydrogen-bond donors (Lipinski definition) is 0. The van der Waals surface area contributed by atoms with Gasteiger partial charge in [-0.15, -0.1) is 0 Å². The number of hydrogen-bond acceptors (Lipinski definition) is 0. The van der Waals surface area contributed by atoms with Crippen molar-refractivity contribution in [2.24, 2.45) is 0 Å².